The van der Waals surface area contributed by atoms with Gasteiger partial charge in [0.05, 0.1) is 0 Å². The van der Waals surface area contributed by atoms with Gasteiger partial charge in [-0.05, 0) is 46.0 Å². The van der Waals surface area contributed by atoms with Crippen LogP contribution < -0.4 is 0 Å². The Morgan fingerprint density at radius 3 is 2.15 bits per heavy atom. The van der Waals surface area contributed by atoms with Crippen LogP contribution in [0.1, 0.15) is 47.0 Å². The van der Waals surface area contributed by atoms with Crippen LogP contribution in [0.25, 0.3) is 0 Å². The van der Waals surface area contributed by atoms with Crippen molar-refractivity contribution in [2.24, 2.45) is 5.92 Å². The van der Waals surface area contributed by atoms with Crippen LogP contribution in [-0.2, 0) is 0 Å². The molecule has 1 fully saturated rings. The van der Waals surface area contributed by atoms with Crippen molar-refractivity contribution in [3.05, 3.63) is 22.2 Å². The Morgan fingerprint density at radius 1 is 1.23 bits per heavy atom. The molecule has 1 aliphatic carbocycles. The van der Waals surface area contributed by atoms with Crippen molar-refractivity contribution in [3.63, 3.8) is 0 Å². The minimum Gasteiger partial charge on any atom is -0.0869 e. The smallest absolute Gasteiger partial charge is 0.0869 e. The number of hydrogen-bond acceptors (Lipinski definition) is 0. The van der Waals surface area contributed by atoms with Gasteiger partial charge in [0.1, 0.15) is 7.85 Å². The maximum atomic E-state index is 2.30. The summed E-state index contributed by atoms with van der Waals surface area (Å²) in [7, 11) is 2.28. The number of hydrogen-bond donors (Lipinski definition) is 0. The zero-order valence-electron chi connectivity index (χ0n) is 9.70. The van der Waals surface area contributed by atoms with Crippen LogP contribution in [0.3, 0.4) is 0 Å². The van der Waals surface area contributed by atoms with E-state index in [1.165, 1.54) is 30.4 Å². The summed E-state index contributed by atoms with van der Waals surface area (Å²) in [6.07, 6.45) is 4.02. The van der Waals surface area contributed by atoms with E-state index in [9.17, 15) is 0 Å². The lowest BCUT2D eigenvalue weighted by Gasteiger charge is -2.10. The SMILES string of the molecule is BC(=C(\C)C1CC1)/C(C)=C(\C)CC. The van der Waals surface area contributed by atoms with Crippen molar-refractivity contribution in [2.75, 3.05) is 0 Å². The maximum absolute atomic E-state index is 2.30. The molecule has 0 saturated heterocycles. The molecular formula is C12H21B. The van der Waals surface area contributed by atoms with E-state index in [0.717, 1.165) is 5.92 Å². The molecular weight excluding hydrogens is 155 g/mol. The summed E-state index contributed by atoms with van der Waals surface area (Å²) in [5, 5.41) is 0. The normalized spacial score (nSPS) is 20.9. The van der Waals surface area contributed by atoms with Gasteiger partial charge in [0, 0.05) is 0 Å². The molecule has 0 heterocycles. The second kappa shape index (κ2) is 4.17. The quantitative estimate of drug-likeness (QED) is 0.458. The molecule has 0 aromatic carbocycles. The molecule has 0 amide bonds. The van der Waals surface area contributed by atoms with Gasteiger partial charge in [-0.2, -0.15) is 0 Å². The first-order chi connectivity index (χ1) is 6.07. The highest BCUT2D eigenvalue weighted by Crippen LogP contribution is 2.38. The second-order valence-corrected chi connectivity index (χ2v) is 4.34. The molecule has 0 aromatic rings. The Balaban J connectivity index is 2.86. The minimum atomic E-state index is 0.916. The largest absolute Gasteiger partial charge is 0.139 e. The summed E-state index contributed by atoms with van der Waals surface area (Å²) in [5.41, 5.74) is 6.23. The van der Waals surface area contributed by atoms with Crippen LogP contribution in [0.5, 0.6) is 0 Å². The van der Waals surface area contributed by atoms with Gasteiger partial charge in [0.2, 0.25) is 0 Å². The third kappa shape index (κ3) is 2.49. The third-order valence-electron chi connectivity index (χ3n) is 3.51. The van der Waals surface area contributed by atoms with Crippen LogP contribution in [-0.4, -0.2) is 7.85 Å². The average molecular weight is 176 g/mol. The summed E-state index contributed by atoms with van der Waals surface area (Å²) in [4.78, 5) is 0. The van der Waals surface area contributed by atoms with Crippen LogP contribution in [0.4, 0.5) is 0 Å². The predicted octanol–water partition coefficient (Wildman–Crippen LogP) is 3.05. The summed E-state index contributed by atoms with van der Waals surface area (Å²) in [6.45, 7) is 9.05. The molecule has 1 aliphatic rings. The molecule has 0 aromatic heterocycles. The molecule has 0 bridgehead atoms. The number of allylic oxidation sites excluding steroid dienone is 4. The average Bonchev–Trinajstić information content (AvgIpc) is 2.96. The highest BCUT2D eigenvalue weighted by atomic mass is 14.3. The Labute approximate surface area is 83.5 Å². The van der Waals surface area contributed by atoms with E-state index < -0.39 is 0 Å². The molecule has 0 atom stereocenters. The van der Waals surface area contributed by atoms with Crippen LogP contribution in [0.15, 0.2) is 22.2 Å². The van der Waals surface area contributed by atoms with Gasteiger partial charge >= 0.3 is 0 Å². The molecule has 0 N–H and O–H groups in total. The first kappa shape index (κ1) is 10.6. The van der Waals surface area contributed by atoms with Crippen LogP contribution in [0.2, 0.25) is 0 Å². The Kier molecular flexibility index (Phi) is 3.41. The van der Waals surface area contributed by atoms with Crippen molar-refractivity contribution in [1.29, 1.82) is 0 Å². The monoisotopic (exact) mass is 176 g/mol. The van der Waals surface area contributed by atoms with E-state index in [-0.39, 0.29) is 0 Å². The van der Waals surface area contributed by atoms with Crippen molar-refractivity contribution in [2.45, 2.75) is 47.0 Å². The minimum absolute atomic E-state index is 0.916. The van der Waals surface area contributed by atoms with Crippen molar-refractivity contribution in [1.82, 2.24) is 0 Å². The lowest BCUT2D eigenvalue weighted by molar-refractivity contribution is 0.985. The molecule has 0 radical (unpaired) electrons. The fraction of sp³-hybridized carbons (Fsp3) is 0.667. The molecule has 72 valence electrons. The summed E-state index contributed by atoms with van der Waals surface area (Å²) in [5.74, 6) is 0.916. The second-order valence-electron chi connectivity index (χ2n) is 4.34. The van der Waals surface area contributed by atoms with E-state index in [4.69, 9.17) is 0 Å². The van der Waals surface area contributed by atoms with Gasteiger partial charge in [-0.25, -0.2) is 0 Å². The van der Waals surface area contributed by atoms with E-state index >= 15 is 0 Å². The Bertz CT molecular complexity index is 254. The standard InChI is InChI=1S/C12H21B/c1-5-8(2)9(3)12(13)10(4)11-6-7-11/h11H,5-7,13H2,1-4H3/b9-8+,12-10+. The van der Waals surface area contributed by atoms with Crippen molar-refractivity contribution >= 4 is 7.85 Å². The van der Waals surface area contributed by atoms with Gasteiger partial charge < -0.3 is 0 Å². The predicted molar refractivity (Wildman–Crippen MR) is 62.6 cm³/mol. The maximum Gasteiger partial charge on any atom is 0.139 e. The first-order valence-corrected chi connectivity index (χ1v) is 5.42. The van der Waals surface area contributed by atoms with E-state index in [0.29, 0.717) is 0 Å². The highest BCUT2D eigenvalue weighted by molar-refractivity contribution is 6.24. The lowest BCUT2D eigenvalue weighted by Crippen LogP contribution is -1.95. The fourth-order valence-corrected chi connectivity index (χ4v) is 1.70. The van der Waals surface area contributed by atoms with E-state index in [1.807, 2.05) is 0 Å². The van der Waals surface area contributed by atoms with E-state index in [1.54, 1.807) is 11.0 Å². The molecule has 1 rings (SSSR count). The van der Waals surface area contributed by atoms with Gasteiger partial charge in [-0.1, -0.05) is 29.1 Å². The molecule has 0 nitrogen and oxygen atoms in total. The Morgan fingerprint density at radius 2 is 1.77 bits per heavy atom. The van der Waals surface area contributed by atoms with Gasteiger partial charge in [0.15, 0.2) is 0 Å². The summed E-state index contributed by atoms with van der Waals surface area (Å²) in [6, 6.07) is 0. The Hall–Kier alpha value is -0.455. The molecule has 13 heavy (non-hydrogen) atoms. The fourth-order valence-electron chi connectivity index (χ4n) is 1.70. The van der Waals surface area contributed by atoms with Gasteiger partial charge in [-0.3, -0.25) is 0 Å². The molecule has 0 unspecified atom stereocenters. The summed E-state index contributed by atoms with van der Waals surface area (Å²) < 4.78 is 0. The molecule has 1 heteroatoms. The van der Waals surface area contributed by atoms with E-state index in [2.05, 4.69) is 35.5 Å². The van der Waals surface area contributed by atoms with Crippen LogP contribution >= 0.6 is 0 Å². The molecule has 1 saturated carbocycles. The third-order valence-corrected chi connectivity index (χ3v) is 3.51. The van der Waals surface area contributed by atoms with Gasteiger partial charge in [-0.15, -0.1) is 0 Å². The lowest BCUT2D eigenvalue weighted by atomic mass is 9.81. The number of rotatable bonds is 3. The topological polar surface area (TPSA) is 0 Å². The summed E-state index contributed by atoms with van der Waals surface area (Å²) >= 11 is 0. The first-order valence-electron chi connectivity index (χ1n) is 5.42. The highest BCUT2D eigenvalue weighted by Gasteiger charge is 2.24. The zero-order valence-corrected chi connectivity index (χ0v) is 9.70. The van der Waals surface area contributed by atoms with Crippen molar-refractivity contribution in [3.8, 4) is 0 Å². The molecule has 0 aliphatic heterocycles. The zero-order chi connectivity index (χ0) is 10.0. The van der Waals surface area contributed by atoms with Crippen LogP contribution in [0, 0.1) is 5.92 Å². The van der Waals surface area contributed by atoms with Gasteiger partial charge in [0.25, 0.3) is 0 Å². The van der Waals surface area contributed by atoms with Crippen molar-refractivity contribution < 1.29 is 0 Å². The molecule has 0 spiro atoms.